The Balaban J connectivity index is 2.18. The number of nitrogens with zero attached hydrogens (tertiary/aromatic N) is 1. The molecule has 0 saturated carbocycles. The van der Waals surface area contributed by atoms with Gasteiger partial charge in [-0.3, -0.25) is 4.90 Å². The molecule has 0 aliphatic carbocycles. The Morgan fingerprint density at radius 3 is 2.40 bits per heavy atom. The Labute approximate surface area is 146 Å². The number of benzene rings is 2. The summed E-state index contributed by atoms with van der Waals surface area (Å²) in [6.45, 7) is 5.75. The van der Waals surface area contributed by atoms with Crippen LogP contribution in [0, 0.1) is 13.8 Å². The van der Waals surface area contributed by atoms with Crippen LogP contribution in [0.25, 0.3) is 0 Å². The third-order valence-corrected chi connectivity index (χ3v) is 3.81. The van der Waals surface area contributed by atoms with Gasteiger partial charge in [-0.15, -0.1) is 0 Å². The van der Waals surface area contributed by atoms with Crippen molar-refractivity contribution in [2.24, 2.45) is 0 Å². The van der Waals surface area contributed by atoms with Crippen LogP contribution in [-0.4, -0.2) is 23.8 Å². The number of aryl methyl sites for hydroxylation is 2. The van der Waals surface area contributed by atoms with Crippen LogP contribution in [0.3, 0.4) is 0 Å². The van der Waals surface area contributed by atoms with E-state index in [0.717, 1.165) is 11.1 Å². The van der Waals surface area contributed by atoms with Crippen molar-refractivity contribution in [1.29, 1.82) is 0 Å². The summed E-state index contributed by atoms with van der Waals surface area (Å²) in [5.74, 6) is 0. The summed E-state index contributed by atoms with van der Waals surface area (Å²) in [6, 6.07) is 9.96. The van der Waals surface area contributed by atoms with E-state index in [1.807, 2.05) is 19.9 Å². The Morgan fingerprint density at radius 1 is 1.08 bits per heavy atom. The highest BCUT2D eigenvalue weighted by Gasteiger charge is 2.15. The number of anilines is 4. The van der Waals surface area contributed by atoms with Gasteiger partial charge in [0.15, 0.2) is 0 Å². The number of nitrogens with two attached hydrogens (primary N) is 1. The van der Waals surface area contributed by atoms with Gasteiger partial charge in [0.25, 0.3) is 0 Å². The highest BCUT2D eigenvalue weighted by atomic mass is 16.4. The molecule has 3 amide bonds. The molecule has 0 radical (unpaired) electrons. The molecule has 2 aromatic rings. The van der Waals surface area contributed by atoms with Gasteiger partial charge in [0.05, 0.1) is 5.69 Å². The van der Waals surface area contributed by atoms with Gasteiger partial charge in [0.1, 0.15) is 0 Å². The van der Waals surface area contributed by atoms with Crippen molar-refractivity contribution in [3.8, 4) is 0 Å². The molecule has 7 nitrogen and oxygen atoms in total. The number of carbonyl (C=O) groups is 2. The van der Waals surface area contributed by atoms with Crippen molar-refractivity contribution in [3.63, 3.8) is 0 Å². The Bertz CT molecular complexity index is 805. The molecule has 0 aliphatic rings. The Morgan fingerprint density at radius 2 is 1.76 bits per heavy atom. The summed E-state index contributed by atoms with van der Waals surface area (Å²) in [5, 5.41) is 14.7. The van der Waals surface area contributed by atoms with Crippen molar-refractivity contribution < 1.29 is 14.7 Å². The largest absolute Gasteiger partial charge is 0.465 e. The summed E-state index contributed by atoms with van der Waals surface area (Å²) in [5.41, 5.74) is 9.63. The van der Waals surface area contributed by atoms with Gasteiger partial charge in [0.2, 0.25) is 0 Å². The smallest absolute Gasteiger partial charge is 0.411 e. The molecule has 0 aromatic heterocycles. The van der Waals surface area contributed by atoms with Gasteiger partial charge in [-0.2, -0.15) is 0 Å². The molecule has 0 saturated heterocycles. The molecule has 0 fully saturated rings. The zero-order valence-electron chi connectivity index (χ0n) is 14.5. The molecule has 2 rings (SSSR count). The fourth-order valence-corrected chi connectivity index (χ4v) is 2.45. The quantitative estimate of drug-likeness (QED) is 0.629. The highest BCUT2D eigenvalue weighted by Crippen LogP contribution is 2.25. The summed E-state index contributed by atoms with van der Waals surface area (Å²) in [4.78, 5) is 24.8. The van der Waals surface area contributed by atoms with Gasteiger partial charge in [-0.05, 0) is 56.2 Å². The van der Waals surface area contributed by atoms with E-state index in [1.54, 1.807) is 37.3 Å². The SMILES string of the molecule is CCN(C(=O)O)c1cc(NC(=O)Nc2cc(N)ccc2C)ccc1C. The molecule has 0 atom stereocenters. The topological polar surface area (TPSA) is 108 Å². The third-order valence-electron chi connectivity index (χ3n) is 3.81. The summed E-state index contributed by atoms with van der Waals surface area (Å²) in [7, 11) is 0. The number of amides is 3. The lowest BCUT2D eigenvalue weighted by Gasteiger charge is -2.20. The minimum atomic E-state index is -1.04. The fourth-order valence-electron chi connectivity index (χ4n) is 2.45. The average molecular weight is 342 g/mol. The molecule has 132 valence electrons. The van der Waals surface area contributed by atoms with Gasteiger partial charge in [-0.25, -0.2) is 9.59 Å². The van der Waals surface area contributed by atoms with Gasteiger partial charge in [0, 0.05) is 23.6 Å². The van der Waals surface area contributed by atoms with E-state index in [9.17, 15) is 14.7 Å². The van der Waals surface area contributed by atoms with Crippen molar-refractivity contribution in [2.75, 3.05) is 27.8 Å². The zero-order valence-corrected chi connectivity index (χ0v) is 14.5. The van der Waals surface area contributed by atoms with Crippen LogP contribution in [0.2, 0.25) is 0 Å². The van der Waals surface area contributed by atoms with E-state index in [0.29, 0.717) is 29.3 Å². The number of hydrogen-bond donors (Lipinski definition) is 4. The van der Waals surface area contributed by atoms with E-state index < -0.39 is 12.1 Å². The summed E-state index contributed by atoms with van der Waals surface area (Å²) < 4.78 is 0. The van der Waals surface area contributed by atoms with Crippen molar-refractivity contribution in [3.05, 3.63) is 47.5 Å². The number of nitrogens with one attached hydrogen (secondary N) is 2. The monoisotopic (exact) mass is 342 g/mol. The summed E-state index contributed by atoms with van der Waals surface area (Å²) >= 11 is 0. The maximum Gasteiger partial charge on any atom is 0.411 e. The minimum Gasteiger partial charge on any atom is -0.465 e. The standard InChI is InChI=1S/C18H22N4O3/c1-4-22(18(24)25)16-10-14(8-6-12(16)3)20-17(23)21-15-9-13(19)7-5-11(15)2/h5-10H,4,19H2,1-3H3,(H,24,25)(H2,20,21,23). The molecule has 0 heterocycles. The van der Waals surface area contributed by atoms with Crippen LogP contribution in [0.1, 0.15) is 18.1 Å². The van der Waals surface area contributed by atoms with Crippen molar-refractivity contribution in [2.45, 2.75) is 20.8 Å². The maximum absolute atomic E-state index is 12.2. The summed E-state index contributed by atoms with van der Waals surface area (Å²) in [6.07, 6.45) is -1.04. The lowest BCUT2D eigenvalue weighted by molar-refractivity contribution is 0.202. The fraction of sp³-hybridized carbons (Fsp3) is 0.222. The second-order valence-corrected chi connectivity index (χ2v) is 5.68. The van der Waals surface area contributed by atoms with Crippen LogP contribution in [-0.2, 0) is 0 Å². The first-order valence-electron chi connectivity index (χ1n) is 7.87. The van der Waals surface area contributed by atoms with Gasteiger partial charge < -0.3 is 21.5 Å². The van der Waals surface area contributed by atoms with Crippen LogP contribution in [0.15, 0.2) is 36.4 Å². The number of hydrogen-bond acceptors (Lipinski definition) is 3. The molecule has 0 aliphatic heterocycles. The zero-order chi connectivity index (χ0) is 18.6. The predicted octanol–water partition coefficient (Wildman–Crippen LogP) is 4.03. The van der Waals surface area contributed by atoms with E-state index in [2.05, 4.69) is 10.6 Å². The first kappa shape index (κ1) is 18.1. The molecule has 7 heteroatoms. The lowest BCUT2D eigenvalue weighted by Crippen LogP contribution is -2.29. The number of urea groups is 1. The minimum absolute atomic E-state index is 0.314. The van der Waals surface area contributed by atoms with Crippen molar-refractivity contribution >= 4 is 34.9 Å². The number of nitrogen functional groups attached to an aromatic ring is 1. The predicted molar refractivity (Wildman–Crippen MR) is 100 cm³/mol. The van der Waals surface area contributed by atoms with Crippen molar-refractivity contribution in [1.82, 2.24) is 0 Å². The lowest BCUT2D eigenvalue weighted by atomic mass is 10.1. The van der Waals surface area contributed by atoms with Crippen LogP contribution >= 0.6 is 0 Å². The second-order valence-electron chi connectivity index (χ2n) is 5.68. The van der Waals surface area contributed by atoms with E-state index in [1.165, 1.54) is 4.90 Å². The molecule has 2 aromatic carbocycles. The molecule has 0 unspecified atom stereocenters. The molecule has 0 spiro atoms. The normalized spacial score (nSPS) is 10.2. The number of carbonyl (C=O) groups excluding carboxylic acids is 1. The first-order chi connectivity index (χ1) is 11.8. The Hall–Kier alpha value is -3.22. The second kappa shape index (κ2) is 7.57. The average Bonchev–Trinajstić information content (AvgIpc) is 2.54. The number of rotatable bonds is 4. The Kier molecular flexibility index (Phi) is 5.49. The van der Waals surface area contributed by atoms with Gasteiger partial charge in [-0.1, -0.05) is 12.1 Å². The first-order valence-corrected chi connectivity index (χ1v) is 7.87. The molecular formula is C18H22N4O3. The molecule has 5 N–H and O–H groups in total. The third kappa shape index (κ3) is 4.41. The number of carboxylic acid groups (broad SMARTS) is 1. The van der Waals surface area contributed by atoms with Gasteiger partial charge >= 0.3 is 12.1 Å². The molecular weight excluding hydrogens is 320 g/mol. The van der Waals surface area contributed by atoms with Crippen LogP contribution in [0.4, 0.5) is 32.3 Å². The van der Waals surface area contributed by atoms with E-state index in [4.69, 9.17) is 5.73 Å². The van der Waals surface area contributed by atoms with E-state index >= 15 is 0 Å². The molecule has 0 bridgehead atoms. The van der Waals surface area contributed by atoms with E-state index in [-0.39, 0.29) is 0 Å². The highest BCUT2D eigenvalue weighted by molar-refractivity contribution is 6.01. The van der Waals surface area contributed by atoms with Crippen LogP contribution < -0.4 is 21.3 Å². The molecule has 25 heavy (non-hydrogen) atoms. The van der Waals surface area contributed by atoms with Crippen LogP contribution in [0.5, 0.6) is 0 Å². The maximum atomic E-state index is 12.2.